The van der Waals surface area contributed by atoms with E-state index in [1.807, 2.05) is 0 Å². The summed E-state index contributed by atoms with van der Waals surface area (Å²) in [5, 5.41) is 18.2. The predicted octanol–water partition coefficient (Wildman–Crippen LogP) is 2.15. The van der Waals surface area contributed by atoms with Crippen LogP contribution in [0.5, 0.6) is 0 Å². The van der Waals surface area contributed by atoms with Gasteiger partial charge in [-0.2, -0.15) is 18.4 Å². The smallest absolute Gasteiger partial charge is 0.386 e. The SMILES string of the molecule is CC1(O)CN(c2ccc(C#N)c(C(F)(F)F)c2)C1. The number of alkyl halides is 3. The van der Waals surface area contributed by atoms with Gasteiger partial charge >= 0.3 is 6.18 Å². The highest BCUT2D eigenvalue weighted by molar-refractivity contribution is 5.57. The topological polar surface area (TPSA) is 47.3 Å². The Bertz CT molecular complexity index is 509. The molecule has 1 heterocycles. The Morgan fingerprint density at radius 2 is 2.00 bits per heavy atom. The van der Waals surface area contributed by atoms with Crippen molar-refractivity contribution >= 4 is 5.69 Å². The Morgan fingerprint density at radius 3 is 2.44 bits per heavy atom. The number of anilines is 1. The number of benzene rings is 1. The molecule has 1 aromatic carbocycles. The van der Waals surface area contributed by atoms with Gasteiger partial charge in [-0.15, -0.1) is 0 Å². The minimum atomic E-state index is -4.55. The molecule has 0 aliphatic carbocycles. The van der Waals surface area contributed by atoms with Gasteiger partial charge in [-0.3, -0.25) is 0 Å². The molecule has 18 heavy (non-hydrogen) atoms. The van der Waals surface area contributed by atoms with Crippen molar-refractivity contribution in [3.8, 4) is 6.07 Å². The molecule has 0 bridgehead atoms. The highest BCUT2D eigenvalue weighted by Gasteiger charge is 2.39. The van der Waals surface area contributed by atoms with Crippen LogP contribution in [-0.2, 0) is 6.18 Å². The van der Waals surface area contributed by atoms with E-state index in [-0.39, 0.29) is 13.1 Å². The zero-order valence-electron chi connectivity index (χ0n) is 9.62. The standard InChI is InChI=1S/C12H11F3N2O/c1-11(18)6-17(7-11)9-3-2-8(5-16)10(4-9)12(13,14)15/h2-4,18H,6-7H2,1H3. The van der Waals surface area contributed by atoms with Crippen molar-refractivity contribution in [3.05, 3.63) is 29.3 Å². The fraction of sp³-hybridized carbons (Fsp3) is 0.417. The fourth-order valence-electron chi connectivity index (χ4n) is 2.02. The average molecular weight is 256 g/mol. The lowest BCUT2D eigenvalue weighted by Crippen LogP contribution is -2.60. The lowest BCUT2D eigenvalue weighted by Gasteiger charge is -2.45. The first-order valence-corrected chi connectivity index (χ1v) is 5.32. The summed E-state index contributed by atoms with van der Waals surface area (Å²) in [7, 11) is 0. The number of halogens is 3. The van der Waals surface area contributed by atoms with E-state index in [2.05, 4.69) is 0 Å². The Morgan fingerprint density at radius 1 is 1.39 bits per heavy atom. The van der Waals surface area contributed by atoms with Crippen molar-refractivity contribution in [3.63, 3.8) is 0 Å². The van der Waals surface area contributed by atoms with E-state index in [0.717, 1.165) is 12.1 Å². The molecule has 1 aromatic rings. The number of nitriles is 1. The first kappa shape index (κ1) is 12.7. The summed E-state index contributed by atoms with van der Waals surface area (Å²) in [6.45, 7) is 2.20. The molecule has 0 atom stereocenters. The first-order valence-electron chi connectivity index (χ1n) is 5.32. The molecule has 96 valence electrons. The van der Waals surface area contributed by atoms with Gasteiger partial charge in [0.15, 0.2) is 0 Å². The summed E-state index contributed by atoms with van der Waals surface area (Å²) in [4.78, 5) is 1.64. The maximum Gasteiger partial charge on any atom is 0.417 e. The van der Waals surface area contributed by atoms with Gasteiger partial charge in [-0.1, -0.05) is 0 Å². The molecular formula is C12H11F3N2O. The van der Waals surface area contributed by atoms with Crippen molar-refractivity contribution < 1.29 is 18.3 Å². The van der Waals surface area contributed by atoms with Gasteiger partial charge < -0.3 is 10.0 Å². The van der Waals surface area contributed by atoms with Crippen LogP contribution in [0.3, 0.4) is 0 Å². The first-order chi connectivity index (χ1) is 8.23. The molecular weight excluding hydrogens is 245 g/mol. The molecule has 6 heteroatoms. The summed E-state index contributed by atoms with van der Waals surface area (Å²) in [6.07, 6.45) is -4.55. The van der Waals surface area contributed by atoms with Crippen LogP contribution in [0.4, 0.5) is 18.9 Å². The highest BCUT2D eigenvalue weighted by Crippen LogP contribution is 2.36. The second-order valence-electron chi connectivity index (χ2n) is 4.69. The molecule has 1 N–H and O–H groups in total. The van der Waals surface area contributed by atoms with Gasteiger partial charge in [0.2, 0.25) is 0 Å². The molecule has 2 rings (SSSR count). The molecule has 0 unspecified atom stereocenters. The lowest BCUT2D eigenvalue weighted by molar-refractivity contribution is -0.137. The largest absolute Gasteiger partial charge is 0.417 e. The average Bonchev–Trinajstić information content (AvgIpc) is 2.23. The van der Waals surface area contributed by atoms with Crippen LogP contribution in [-0.4, -0.2) is 23.8 Å². The van der Waals surface area contributed by atoms with Crippen LogP contribution in [0, 0.1) is 11.3 Å². The molecule has 1 saturated heterocycles. The molecule has 0 saturated carbocycles. The quantitative estimate of drug-likeness (QED) is 0.837. The summed E-state index contributed by atoms with van der Waals surface area (Å²) in [5.74, 6) is 0. The van der Waals surface area contributed by atoms with Gasteiger partial charge in [-0.05, 0) is 25.1 Å². The molecule has 3 nitrogen and oxygen atoms in total. The zero-order valence-corrected chi connectivity index (χ0v) is 9.62. The number of rotatable bonds is 1. The van der Waals surface area contributed by atoms with E-state index >= 15 is 0 Å². The third-order valence-electron chi connectivity index (χ3n) is 2.86. The molecule has 1 aliphatic heterocycles. The fourth-order valence-corrected chi connectivity index (χ4v) is 2.02. The molecule has 1 fully saturated rings. The Labute approximate surface area is 102 Å². The number of aliphatic hydroxyl groups is 1. The number of hydrogen-bond acceptors (Lipinski definition) is 3. The van der Waals surface area contributed by atoms with Gasteiger partial charge in [-0.25, -0.2) is 0 Å². The van der Waals surface area contributed by atoms with Crippen LogP contribution >= 0.6 is 0 Å². The van der Waals surface area contributed by atoms with Crippen LogP contribution in [0.25, 0.3) is 0 Å². The van der Waals surface area contributed by atoms with Gasteiger partial charge in [0.05, 0.1) is 22.8 Å². The van der Waals surface area contributed by atoms with E-state index < -0.39 is 22.9 Å². The van der Waals surface area contributed by atoms with Crippen molar-refractivity contribution in [1.29, 1.82) is 5.26 Å². The van der Waals surface area contributed by atoms with Gasteiger partial charge in [0, 0.05) is 18.8 Å². The van der Waals surface area contributed by atoms with Gasteiger partial charge in [0.1, 0.15) is 0 Å². The minimum Gasteiger partial charge on any atom is -0.386 e. The van der Waals surface area contributed by atoms with Crippen LogP contribution < -0.4 is 4.90 Å². The lowest BCUT2D eigenvalue weighted by atomic mass is 9.95. The summed E-state index contributed by atoms with van der Waals surface area (Å²) < 4.78 is 38.2. The molecule has 0 spiro atoms. The maximum absolute atomic E-state index is 12.7. The second-order valence-corrected chi connectivity index (χ2v) is 4.69. The van der Waals surface area contributed by atoms with E-state index in [1.54, 1.807) is 11.8 Å². The second kappa shape index (κ2) is 3.89. The van der Waals surface area contributed by atoms with Crippen molar-refractivity contribution in [1.82, 2.24) is 0 Å². The molecule has 1 aliphatic rings. The third kappa shape index (κ3) is 2.27. The third-order valence-corrected chi connectivity index (χ3v) is 2.86. The van der Waals surface area contributed by atoms with Crippen molar-refractivity contribution in [2.45, 2.75) is 18.7 Å². The van der Waals surface area contributed by atoms with E-state index in [4.69, 9.17) is 5.26 Å². The van der Waals surface area contributed by atoms with Crippen molar-refractivity contribution in [2.24, 2.45) is 0 Å². The monoisotopic (exact) mass is 256 g/mol. The minimum absolute atomic E-state index is 0.288. The van der Waals surface area contributed by atoms with Crippen LogP contribution in [0.1, 0.15) is 18.1 Å². The summed E-state index contributed by atoms with van der Waals surface area (Å²) >= 11 is 0. The Kier molecular flexibility index (Phi) is 2.74. The number of nitrogens with zero attached hydrogens (tertiary/aromatic N) is 2. The van der Waals surface area contributed by atoms with E-state index in [1.165, 1.54) is 12.1 Å². The van der Waals surface area contributed by atoms with Crippen molar-refractivity contribution in [2.75, 3.05) is 18.0 Å². The summed E-state index contributed by atoms with van der Waals surface area (Å²) in [5.41, 5.74) is -1.81. The predicted molar refractivity (Wildman–Crippen MR) is 59.0 cm³/mol. The Hall–Kier alpha value is -1.74. The molecule has 0 amide bonds. The zero-order chi connectivity index (χ0) is 13.6. The normalized spacial score (nSPS) is 18.1. The van der Waals surface area contributed by atoms with Crippen LogP contribution in [0.15, 0.2) is 18.2 Å². The number of hydrogen-bond donors (Lipinski definition) is 1. The van der Waals surface area contributed by atoms with E-state index in [0.29, 0.717) is 5.69 Å². The maximum atomic E-state index is 12.7. The van der Waals surface area contributed by atoms with E-state index in [9.17, 15) is 18.3 Å². The highest BCUT2D eigenvalue weighted by atomic mass is 19.4. The Balaban J connectivity index is 2.34. The number of β-amino-alcohol motifs (C(OH)–C–C–N with tert-alkyl or cyclic N) is 1. The van der Waals surface area contributed by atoms with Gasteiger partial charge in [0.25, 0.3) is 0 Å². The molecule has 0 radical (unpaired) electrons. The van der Waals surface area contributed by atoms with Crippen LogP contribution in [0.2, 0.25) is 0 Å². The molecule has 0 aromatic heterocycles. The summed E-state index contributed by atoms with van der Waals surface area (Å²) in [6, 6.07) is 5.10.